The average molecular weight is 505 g/mol. The third-order valence-electron chi connectivity index (χ3n) is 13.4. The lowest BCUT2D eigenvalue weighted by Crippen LogP contribution is -2.69. The van der Waals surface area contributed by atoms with Gasteiger partial charge in [0.05, 0.1) is 17.8 Å². The van der Waals surface area contributed by atoms with Gasteiger partial charge in [0.2, 0.25) is 0 Å². The number of aliphatic hydroxyl groups excluding tert-OH is 2. The van der Waals surface area contributed by atoms with E-state index in [-0.39, 0.29) is 51.5 Å². The van der Waals surface area contributed by atoms with Gasteiger partial charge in [0, 0.05) is 17.8 Å². The molecule has 5 rings (SSSR count). The first-order valence-corrected chi connectivity index (χ1v) is 14.7. The lowest BCUT2D eigenvalue weighted by Gasteiger charge is -2.70. The van der Waals surface area contributed by atoms with Crippen LogP contribution in [0.25, 0.3) is 0 Å². The number of hydrogen-bond donors (Lipinski definition) is 3. The van der Waals surface area contributed by atoms with E-state index in [0.717, 1.165) is 44.9 Å². The highest BCUT2D eigenvalue weighted by Crippen LogP contribution is 2.74. The maximum atomic E-state index is 11.9. The standard InChI is InChI=1S/C31H52O5/c1-17(32)36-25-12-14-29(6)19-9-10-22-30(7)13-11-18(28(4,5)35)20(30)15-24(34)31(22,8)26(19)21(33)16-23(29)27(25,2)3/h18-26,33-35H,9-16H2,1-8H3/t18-,19-,20-,21-,22+,23-,24-,25-,26-,29+,30-,31-/m0/s1. The fourth-order valence-electron chi connectivity index (χ4n) is 11.8. The monoisotopic (exact) mass is 504 g/mol. The van der Waals surface area contributed by atoms with Crippen molar-refractivity contribution < 1.29 is 24.9 Å². The van der Waals surface area contributed by atoms with Crippen LogP contribution in [0.1, 0.15) is 107 Å². The Morgan fingerprint density at radius 1 is 0.861 bits per heavy atom. The van der Waals surface area contributed by atoms with Crippen molar-refractivity contribution in [3.05, 3.63) is 0 Å². The van der Waals surface area contributed by atoms with Gasteiger partial charge in [-0.25, -0.2) is 0 Å². The average Bonchev–Trinajstić information content (AvgIpc) is 3.09. The van der Waals surface area contributed by atoms with Crippen LogP contribution < -0.4 is 0 Å². The molecule has 5 heteroatoms. The molecule has 0 radical (unpaired) electrons. The van der Waals surface area contributed by atoms with Gasteiger partial charge in [-0.2, -0.15) is 0 Å². The molecular formula is C31H52O5. The minimum Gasteiger partial charge on any atom is -0.462 e. The van der Waals surface area contributed by atoms with E-state index in [4.69, 9.17) is 4.74 Å². The van der Waals surface area contributed by atoms with E-state index < -0.39 is 17.8 Å². The Morgan fingerprint density at radius 2 is 1.47 bits per heavy atom. The summed E-state index contributed by atoms with van der Waals surface area (Å²) in [6.45, 7) is 17.0. The number of ether oxygens (including phenoxy) is 1. The zero-order valence-corrected chi connectivity index (χ0v) is 24.0. The lowest BCUT2D eigenvalue weighted by atomic mass is 9.35. The molecule has 5 fully saturated rings. The molecular weight excluding hydrogens is 452 g/mol. The predicted molar refractivity (Wildman–Crippen MR) is 140 cm³/mol. The van der Waals surface area contributed by atoms with E-state index in [2.05, 4.69) is 34.6 Å². The van der Waals surface area contributed by atoms with Crippen LogP contribution in [0, 0.1) is 57.2 Å². The second-order valence-corrected chi connectivity index (χ2v) is 15.6. The van der Waals surface area contributed by atoms with Gasteiger partial charge in [-0.1, -0.05) is 34.6 Å². The van der Waals surface area contributed by atoms with Crippen LogP contribution in [0.5, 0.6) is 0 Å². The van der Waals surface area contributed by atoms with Gasteiger partial charge in [-0.3, -0.25) is 4.79 Å². The summed E-state index contributed by atoms with van der Waals surface area (Å²) in [6.07, 6.45) is 6.58. The van der Waals surface area contributed by atoms with E-state index >= 15 is 0 Å². The molecule has 5 nitrogen and oxygen atoms in total. The van der Waals surface area contributed by atoms with Crippen LogP contribution in [0.3, 0.4) is 0 Å². The summed E-state index contributed by atoms with van der Waals surface area (Å²) >= 11 is 0. The number of aliphatic hydroxyl groups is 3. The molecule has 0 unspecified atom stereocenters. The van der Waals surface area contributed by atoms with Crippen molar-refractivity contribution in [2.24, 2.45) is 57.2 Å². The van der Waals surface area contributed by atoms with E-state index in [1.54, 1.807) is 0 Å². The number of hydrogen-bond acceptors (Lipinski definition) is 5. The van der Waals surface area contributed by atoms with Crippen molar-refractivity contribution in [3.8, 4) is 0 Å². The van der Waals surface area contributed by atoms with Crippen molar-refractivity contribution in [1.29, 1.82) is 0 Å². The minimum absolute atomic E-state index is 0.0563. The van der Waals surface area contributed by atoms with Gasteiger partial charge in [0.15, 0.2) is 0 Å². The molecule has 5 aliphatic carbocycles. The largest absolute Gasteiger partial charge is 0.462 e. The number of esters is 1. The third-order valence-corrected chi connectivity index (χ3v) is 13.4. The summed E-state index contributed by atoms with van der Waals surface area (Å²) in [5, 5.41) is 34.8. The molecule has 5 aliphatic rings. The maximum Gasteiger partial charge on any atom is 0.302 e. The molecule has 0 aromatic carbocycles. The van der Waals surface area contributed by atoms with Crippen molar-refractivity contribution in [1.82, 2.24) is 0 Å². The Kier molecular flexibility index (Phi) is 6.12. The second kappa shape index (κ2) is 8.18. The zero-order chi connectivity index (χ0) is 26.6. The van der Waals surface area contributed by atoms with Crippen LogP contribution in [-0.4, -0.2) is 45.2 Å². The highest BCUT2D eigenvalue weighted by atomic mass is 16.5. The predicted octanol–water partition coefficient (Wildman–Crippen LogP) is 5.34. The Balaban J connectivity index is 1.50. The molecule has 0 spiro atoms. The Bertz CT molecular complexity index is 892. The van der Waals surface area contributed by atoms with Crippen LogP contribution in [-0.2, 0) is 9.53 Å². The molecule has 12 atom stereocenters. The van der Waals surface area contributed by atoms with Gasteiger partial charge < -0.3 is 20.1 Å². The van der Waals surface area contributed by atoms with E-state index in [0.29, 0.717) is 24.2 Å². The van der Waals surface area contributed by atoms with Crippen molar-refractivity contribution >= 4 is 5.97 Å². The molecule has 36 heavy (non-hydrogen) atoms. The second-order valence-electron chi connectivity index (χ2n) is 15.6. The van der Waals surface area contributed by atoms with E-state index in [1.165, 1.54) is 6.92 Å². The molecule has 3 N–H and O–H groups in total. The Labute approximate surface area is 218 Å². The fourth-order valence-corrected chi connectivity index (χ4v) is 11.8. The molecule has 0 saturated heterocycles. The molecule has 0 aliphatic heterocycles. The molecule has 5 saturated carbocycles. The maximum absolute atomic E-state index is 11.9. The third kappa shape index (κ3) is 3.47. The summed E-state index contributed by atoms with van der Waals surface area (Å²) in [5.41, 5.74) is -1.11. The number of carbonyl (C=O) groups excluding carboxylic acids is 1. The van der Waals surface area contributed by atoms with E-state index in [1.807, 2.05) is 13.8 Å². The van der Waals surface area contributed by atoms with Crippen LogP contribution in [0.4, 0.5) is 0 Å². The Morgan fingerprint density at radius 3 is 2.08 bits per heavy atom. The van der Waals surface area contributed by atoms with Gasteiger partial charge >= 0.3 is 5.97 Å². The van der Waals surface area contributed by atoms with Crippen molar-refractivity contribution in [2.45, 2.75) is 131 Å². The first-order valence-electron chi connectivity index (χ1n) is 14.7. The topological polar surface area (TPSA) is 87.0 Å². The normalized spacial score (nSPS) is 54.0. The zero-order valence-electron chi connectivity index (χ0n) is 24.0. The van der Waals surface area contributed by atoms with Crippen LogP contribution >= 0.6 is 0 Å². The molecule has 0 aromatic rings. The molecule has 206 valence electrons. The summed E-state index contributed by atoms with van der Waals surface area (Å²) in [4.78, 5) is 11.9. The summed E-state index contributed by atoms with van der Waals surface area (Å²) < 4.78 is 5.81. The number of fused-ring (bicyclic) bond motifs is 7. The number of rotatable bonds is 2. The van der Waals surface area contributed by atoms with Gasteiger partial charge in [-0.15, -0.1) is 0 Å². The van der Waals surface area contributed by atoms with Gasteiger partial charge in [-0.05, 0) is 112 Å². The van der Waals surface area contributed by atoms with Crippen LogP contribution in [0.2, 0.25) is 0 Å². The lowest BCUT2D eigenvalue weighted by molar-refractivity contribution is -0.270. The van der Waals surface area contributed by atoms with E-state index in [9.17, 15) is 20.1 Å². The molecule has 0 bridgehead atoms. The first-order chi connectivity index (χ1) is 16.5. The summed E-state index contributed by atoms with van der Waals surface area (Å²) in [6, 6.07) is 0. The van der Waals surface area contributed by atoms with Gasteiger partial charge in [0.25, 0.3) is 0 Å². The SMILES string of the molecule is CC(=O)O[C@H]1CC[C@]2(C)[C@H]3CC[C@@H]4[C@@]5(C)CC[C@H](C(C)(C)O)[C@@H]5C[C@H](O)[C@@]4(C)[C@@H]3[C@@H](O)C[C@H]2C1(C)C. The Hall–Kier alpha value is -0.650. The molecule has 0 amide bonds. The fraction of sp³-hybridized carbons (Fsp3) is 0.968. The van der Waals surface area contributed by atoms with Crippen molar-refractivity contribution in [2.75, 3.05) is 0 Å². The molecule has 0 heterocycles. The highest BCUT2D eigenvalue weighted by molar-refractivity contribution is 5.66. The molecule has 0 aromatic heterocycles. The van der Waals surface area contributed by atoms with Crippen LogP contribution in [0.15, 0.2) is 0 Å². The van der Waals surface area contributed by atoms with Crippen molar-refractivity contribution in [3.63, 3.8) is 0 Å². The summed E-state index contributed by atoms with van der Waals surface area (Å²) in [5.74, 6) is 1.38. The quantitative estimate of drug-likeness (QED) is 0.442. The summed E-state index contributed by atoms with van der Waals surface area (Å²) in [7, 11) is 0. The first kappa shape index (κ1) is 26.9. The van der Waals surface area contributed by atoms with Gasteiger partial charge in [0.1, 0.15) is 6.10 Å². The smallest absolute Gasteiger partial charge is 0.302 e. The highest BCUT2D eigenvalue weighted by Gasteiger charge is 2.71. The number of carbonyl (C=O) groups is 1. The minimum atomic E-state index is -0.732.